The Morgan fingerprint density at radius 3 is 2.23 bits per heavy atom. The largest absolute Gasteiger partial charge is 0.481 e. The lowest BCUT2D eigenvalue weighted by Crippen LogP contribution is -2.07. The Bertz CT molecular complexity index is 241. The number of hydrogen-bond donors (Lipinski definition) is 1. The van der Waals surface area contributed by atoms with Crippen molar-refractivity contribution in [3.63, 3.8) is 0 Å². The van der Waals surface area contributed by atoms with Crippen LogP contribution in [0.5, 0.6) is 0 Å². The van der Waals surface area contributed by atoms with Crippen LogP contribution in [-0.2, 0) is 4.79 Å². The lowest BCUT2D eigenvalue weighted by Gasteiger charge is -2.19. The van der Waals surface area contributed by atoms with Crippen molar-refractivity contribution in [2.75, 3.05) is 0 Å². The van der Waals surface area contributed by atoms with Crippen molar-refractivity contribution < 1.29 is 9.90 Å². The van der Waals surface area contributed by atoms with E-state index in [1.165, 1.54) is 0 Å². The topological polar surface area (TPSA) is 37.3 Å². The predicted molar refractivity (Wildman–Crippen MR) is 54.6 cm³/mol. The lowest BCUT2D eigenvalue weighted by atomic mass is 9.86. The summed E-state index contributed by atoms with van der Waals surface area (Å²) in [6.45, 7) is 12.0. The molecule has 0 unspecified atom stereocenters. The van der Waals surface area contributed by atoms with Gasteiger partial charge in [0.25, 0.3) is 0 Å². The highest BCUT2D eigenvalue weighted by molar-refractivity contribution is 5.70. The Morgan fingerprint density at radius 2 is 1.92 bits per heavy atom. The highest BCUT2D eigenvalue weighted by atomic mass is 16.4. The highest BCUT2D eigenvalue weighted by Gasteiger charge is 2.12. The summed E-state index contributed by atoms with van der Waals surface area (Å²) in [6.07, 6.45) is 1.88. The molecule has 2 nitrogen and oxygen atoms in total. The molecule has 0 aliphatic carbocycles. The van der Waals surface area contributed by atoms with Gasteiger partial charge in [0.1, 0.15) is 0 Å². The third-order valence-electron chi connectivity index (χ3n) is 1.98. The molecular formula is C11H18O2. The van der Waals surface area contributed by atoms with Gasteiger partial charge in [-0.2, -0.15) is 0 Å². The van der Waals surface area contributed by atoms with E-state index in [9.17, 15) is 4.79 Å². The summed E-state index contributed by atoms with van der Waals surface area (Å²) in [5.41, 5.74) is 1.89. The van der Waals surface area contributed by atoms with Crippen LogP contribution in [0.2, 0.25) is 0 Å². The zero-order valence-corrected chi connectivity index (χ0v) is 8.85. The van der Waals surface area contributed by atoms with Gasteiger partial charge < -0.3 is 5.11 Å². The number of allylic oxidation sites excluding steroid dienone is 2. The summed E-state index contributed by atoms with van der Waals surface area (Å²) < 4.78 is 0. The molecular weight excluding hydrogens is 164 g/mol. The van der Waals surface area contributed by atoms with Crippen LogP contribution in [0.25, 0.3) is 0 Å². The molecule has 0 aromatic heterocycles. The maximum absolute atomic E-state index is 10.4. The van der Waals surface area contributed by atoms with E-state index < -0.39 is 5.97 Å². The van der Waals surface area contributed by atoms with Gasteiger partial charge in [0, 0.05) is 0 Å². The molecule has 0 bridgehead atoms. The SMILES string of the molecule is C=C(/C=C(\C)C(C)(C)C)CC(=O)O. The van der Waals surface area contributed by atoms with E-state index in [2.05, 4.69) is 27.4 Å². The fraction of sp³-hybridized carbons (Fsp3) is 0.545. The van der Waals surface area contributed by atoms with Gasteiger partial charge in [0.15, 0.2) is 0 Å². The van der Waals surface area contributed by atoms with Crippen molar-refractivity contribution in [1.29, 1.82) is 0 Å². The summed E-state index contributed by atoms with van der Waals surface area (Å²) in [7, 11) is 0. The Kier molecular flexibility index (Phi) is 3.92. The summed E-state index contributed by atoms with van der Waals surface area (Å²) >= 11 is 0. The number of carboxylic acids is 1. The molecule has 0 amide bonds. The smallest absolute Gasteiger partial charge is 0.307 e. The summed E-state index contributed by atoms with van der Waals surface area (Å²) in [6, 6.07) is 0. The number of carboxylic acid groups (broad SMARTS) is 1. The first-order chi connectivity index (χ1) is 5.73. The van der Waals surface area contributed by atoms with Gasteiger partial charge in [-0.1, -0.05) is 39.0 Å². The van der Waals surface area contributed by atoms with E-state index in [-0.39, 0.29) is 11.8 Å². The molecule has 0 saturated heterocycles. The molecule has 0 fully saturated rings. The van der Waals surface area contributed by atoms with E-state index in [4.69, 9.17) is 5.11 Å². The number of aliphatic carboxylic acids is 1. The fourth-order valence-corrected chi connectivity index (χ4v) is 0.768. The lowest BCUT2D eigenvalue weighted by molar-refractivity contribution is -0.136. The summed E-state index contributed by atoms with van der Waals surface area (Å²) in [4.78, 5) is 10.4. The second kappa shape index (κ2) is 4.26. The molecule has 2 heteroatoms. The van der Waals surface area contributed by atoms with E-state index in [0.29, 0.717) is 5.57 Å². The summed E-state index contributed by atoms with van der Waals surface area (Å²) in [5.74, 6) is -0.831. The van der Waals surface area contributed by atoms with Crippen LogP contribution in [0.1, 0.15) is 34.1 Å². The molecule has 0 spiro atoms. The second-order valence-electron chi connectivity index (χ2n) is 4.31. The molecule has 13 heavy (non-hydrogen) atoms. The van der Waals surface area contributed by atoms with Crippen molar-refractivity contribution >= 4 is 5.97 Å². The molecule has 74 valence electrons. The monoisotopic (exact) mass is 182 g/mol. The van der Waals surface area contributed by atoms with Crippen LogP contribution < -0.4 is 0 Å². The molecule has 0 heterocycles. The zero-order chi connectivity index (χ0) is 10.6. The molecule has 0 aromatic carbocycles. The van der Waals surface area contributed by atoms with Gasteiger partial charge >= 0.3 is 5.97 Å². The van der Waals surface area contributed by atoms with Crippen LogP contribution in [0.15, 0.2) is 23.8 Å². The van der Waals surface area contributed by atoms with E-state index in [1.54, 1.807) is 0 Å². The molecule has 0 aromatic rings. The number of carbonyl (C=O) groups is 1. The minimum Gasteiger partial charge on any atom is -0.481 e. The first-order valence-electron chi connectivity index (χ1n) is 4.32. The quantitative estimate of drug-likeness (QED) is 0.681. The molecule has 1 N–H and O–H groups in total. The maximum Gasteiger partial charge on any atom is 0.307 e. The molecule has 0 aliphatic rings. The van der Waals surface area contributed by atoms with Gasteiger partial charge in [0.2, 0.25) is 0 Å². The zero-order valence-electron chi connectivity index (χ0n) is 8.85. The van der Waals surface area contributed by atoms with Crippen LogP contribution in [0.3, 0.4) is 0 Å². The van der Waals surface area contributed by atoms with Gasteiger partial charge in [0.05, 0.1) is 6.42 Å². The number of hydrogen-bond acceptors (Lipinski definition) is 1. The molecule has 0 radical (unpaired) electrons. The van der Waals surface area contributed by atoms with Crippen molar-refractivity contribution in [2.24, 2.45) is 5.41 Å². The van der Waals surface area contributed by atoms with Gasteiger partial charge in [-0.3, -0.25) is 4.79 Å². The number of rotatable bonds is 3. The Balaban J connectivity index is 4.40. The first kappa shape index (κ1) is 11.9. The Morgan fingerprint density at radius 1 is 1.46 bits per heavy atom. The van der Waals surface area contributed by atoms with Gasteiger partial charge in [-0.15, -0.1) is 0 Å². The highest BCUT2D eigenvalue weighted by Crippen LogP contribution is 2.25. The summed E-state index contributed by atoms with van der Waals surface area (Å²) in [5, 5.41) is 8.51. The second-order valence-corrected chi connectivity index (χ2v) is 4.31. The molecule has 0 rings (SSSR count). The molecule has 0 atom stereocenters. The van der Waals surface area contributed by atoms with E-state index in [1.807, 2.05) is 13.0 Å². The van der Waals surface area contributed by atoms with Crippen molar-refractivity contribution in [3.8, 4) is 0 Å². The van der Waals surface area contributed by atoms with E-state index >= 15 is 0 Å². The molecule has 0 aliphatic heterocycles. The third-order valence-corrected chi connectivity index (χ3v) is 1.98. The fourth-order valence-electron chi connectivity index (χ4n) is 0.768. The average Bonchev–Trinajstić information content (AvgIpc) is 1.82. The van der Waals surface area contributed by atoms with Crippen molar-refractivity contribution in [3.05, 3.63) is 23.8 Å². The standard InChI is InChI=1S/C11H18O2/c1-8(7-10(12)13)6-9(2)11(3,4)5/h6H,1,7H2,2-5H3,(H,12,13)/b9-6+. The average molecular weight is 182 g/mol. The normalized spacial score (nSPS) is 12.8. The minimum atomic E-state index is -0.831. The third kappa shape index (κ3) is 5.23. The van der Waals surface area contributed by atoms with Crippen molar-refractivity contribution in [2.45, 2.75) is 34.1 Å². The molecule has 0 saturated carbocycles. The van der Waals surface area contributed by atoms with Crippen LogP contribution in [0, 0.1) is 5.41 Å². The van der Waals surface area contributed by atoms with E-state index in [0.717, 1.165) is 5.57 Å². The van der Waals surface area contributed by atoms with Gasteiger partial charge in [-0.05, 0) is 17.9 Å². The van der Waals surface area contributed by atoms with Gasteiger partial charge in [-0.25, -0.2) is 0 Å². The Hall–Kier alpha value is -1.05. The Labute approximate surface area is 80.0 Å². The maximum atomic E-state index is 10.4. The van der Waals surface area contributed by atoms with Crippen LogP contribution >= 0.6 is 0 Å². The minimum absolute atomic E-state index is 0.0212. The first-order valence-corrected chi connectivity index (χ1v) is 4.32. The van der Waals surface area contributed by atoms with Crippen LogP contribution in [0.4, 0.5) is 0 Å². The predicted octanol–water partition coefficient (Wildman–Crippen LogP) is 3.01. The van der Waals surface area contributed by atoms with Crippen LogP contribution in [-0.4, -0.2) is 11.1 Å². The van der Waals surface area contributed by atoms with Crippen molar-refractivity contribution in [1.82, 2.24) is 0 Å².